The molecule has 2 fully saturated rings. The lowest BCUT2D eigenvalue weighted by atomic mass is 9.88. The van der Waals surface area contributed by atoms with Gasteiger partial charge in [-0.3, -0.25) is 4.90 Å². The quantitative estimate of drug-likeness (QED) is 0.679. The highest BCUT2D eigenvalue weighted by atomic mass is 16.5. The van der Waals surface area contributed by atoms with E-state index in [1.807, 2.05) is 0 Å². The Morgan fingerprint density at radius 2 is 1.71 bits per heavy atom. The van der Waals surface area contributed by atoms with E-state index in [0.29, 0.717) is 6.10 Å². The van der Waals surface area contributed by atoms with Crippen LogP contribution in [0.3, 0.4) is 0 Å². The van der Waals surface area contributed by atoms with Crippen LogP contribution in [0.4, 0.5) is 0 Å². The molecule has 1 aliphatic carbocycles. The van der Waals surface area contributed by atoms with Crippen LogP contribution in [0.25, 0.3) is 0 Å². The molecule has 0 N–H and O–H groups in total. The second-order valence-electron chi connectivity index (χ2n) is 7.23. The Hall–Kier alpha value is -0.160. The first-order valence-corrected chi connectivity index (χ1v) is 8.85. The maximum Gasteiger partial charge on any atom is 0.0605 e. The van der Waals surface area contributed by atoms with Gasteiger partial charge in [-0.25, -0.2) is 0 Å². The second-order valence-corrected chi connectivity index (χ2v) is 7.23. The number of rotatable bonds is 8. The fourth-order valence-corrected chi connectivity index (χ4v) is 3.35. The predicted molar refractivity (Wildman–Crippen MR) is 88.8 cm³/mol. The average molecular weight is 297 g/mol. The van der Waals surface area contributed by atoms with E-state index < -0.39 is 0 Å². The number of piperazine rings is 1. The topological polar surface area (TPSA) is 19.0 Å². The van der Waals surface area contributed by atoms with Gasteiger partial charge in [0.25, 0.3) is 0 Å². The van der Waals surface area contributed by atoms with Crippen LogP contribution in [0.1, 0.15) is 33.6 Å². The zero-order valence-electron chi connectivity index (χ0n) is 14.6. The molecule has 0 aromatic rings. The number of hydrogen-bond acceptors (Lipinski definition) is 4. The molecule has 21 heavy (non-hydrogen) atoms. The van der Waals surface area contributed by atoms with E-state index >= 15 is 0 Å². The minimum Gasteiger partial charge on any atom is -0.377 e. The molecule has 124 valence electrons. The van der Waals surface area contributed by atoms with E-state index in [1.165, 1.54) is 45.6 Å². The monoisotopic (exact) mass is 297 g/mol. The van der Waals surface area contributed by atoms with Crippen LogP contribution in [0.5, 0.6) is 0 Å². The van der Waals surface area contributed by atoms with E-state index in [2.05, 4.69) is 42.5 Å². The molecule has 1 saturated carbocycles. The van der Waals surface area contributed by atoms with Crippen molar-refractivity contribution in [2.24, 2.45) is 5.92 Å². The molecule has 0 amide bonds. The number of nitrogens with zero attached hydrogens (tertiary/aromatic N) is 3. The third kappa shape index (κ3) is 5.51. The molecule has 1 saturated heterocycles. The zero-order valence-corrected chi connectivity index (χ0v) is 14.6. The Bertz CT molecular complexity index is 284. The molecule has 0 atom stereocenters. The highest BCUT2D eigenvalue weighted by Crippen LogP contribution is 2.27. The van der Waals surface area contributed by atoms with Crippen LogP contribution >= 0.6 is 0 Å². The molecule has 4 heteroatoms. The summed E-state index contributed by atoms with van der Waals surface area (Å²) in [7, 11) is 2.22. The summed E-state index contributed by atoms with van der Waals surface area (Å²) in [5.74, 6) is 0.785. The van der Waals surface area contributed by atoms with Gasteiger partial charge in [0.05, 0.1) is 12.7 Å². The minimum atomic E-state index is 0.520. The smallest absolute Gasteiger partial charge is 0.0605 e. The highest BCUT2D eigenvalue weighted by Gasteiger charge is 2.32. The van der Waals surface area contributed by atoms with Crippen LogP contribution < -0.4 is 0 Å². The molecule has 1 heterocycles. The third-order valence-corrected chi connectivity index (χ3v) is 5.04. The standard InChI is InChI=1S/C17H35N3O/c1-5-18(4)16-12-17(13-16)21-11-10-19-6-8-20(9-7-19)14-15(2)3/h15-17H,5-14H2,1-4H3/t16-,17-. The molecule has 2 rings (SSSR count). The fraction of sp³-hybridized carbons (Fsp3) is 1.00. The van der Waals surface area contributed by atoms with Gasteiger partial charge >= 0.3 is 0 Å². The average Bonchev–Trinajstić information content (AvgIpc) is 2.41. The lowest BCUT2D eigenvalue weighted by Gasteiger charge is -2.41. The SMILES string of the molecule is CCN(C)[C@H]1C[C@H](OCCN2CCN(CC(C)C)CC2)C1. The molecular weight excluding hydrogens is 262 g/mol. The molecule has 4 nitrogen and oxygen atoms in total. The normalized spacial score (nSPS) is 28.3. The fourth-order valence-electron chi connectivity index (χ4n) is 3.35. The van der Waals surface area contributed by atoms with Crippen molar-refractivity contribution in [2.45, 2.75) is 45.8 Å². The van der Waals surface area contributed by atoms with Crippen LogP contribution in [0.15, 0.2) is 0 Å². The van der Waals surface area contributed by atoms with Gasteiger partial charge in [-0.1, -0.05) is 20.8 Å². The van der Waals surface area contributed by atoms with E-state index in [-0.39, 0.29) is 0 Å². The molecule has 0 unspecified atom stereocenters. The van der Waals surface area contributed by atoms with Crippen molar-refractivity contribution in [3.8, 4) is 0 Å². The van der Waals surface area contributed by atoms with Gasteiger partial charge in [0.2, 0.25) is 0 Å². The van der Waals surface area contributed by atoms with Gasteiger partial charge in [-0.2, -0.15) is 0 Å². The minimum absolute atomic E-state index is 0.520. The summed E-state index contributed by atoms with van der Waals surface area (Å²) in [6.45, 7) is 16.1. The predicted octanol–water partition coefficient (Wildman–Crippen LogP) is 1.76. The lowest BCUT2D eigenvalue weighted by Crippen LogP contribution is -2.49. The first kappa shape index (κ1) is 17.2. The summed E-state index contributed by atoms with van der Waals surface area (Å²) < 4.78 is 6.02. The molecule has 0 aromatic carbocycles. The summed E-state index contributed by atoms with van der Waals surface area (Å²) in [5.41, 5.74) is 0. The summed E-state index contributed by atoms with van der Waals surface area (Å²) in [4.78, 5) is 7.60. The third-order valence-electron chi connectivity index (χ3n) is 5.04. The number of ether oxygens (including phenoxy) is 1. The van der Waals surface area contributed by atoms with E-state index in [4.69, 9.17) is 4.74 Å². The first-order valence-electron chi connectivity index (χ1n) is 8.85. The Morgan fingerprint density at radius 3 is 2.29 bits per heavy atom. The van der Waals surface area contributed by atoms with Crippen LogP contribution in [-0.4, -0.2) is 86.3 Å². The largest absolute Gasteiger partial charge is 0.377 e. The molecular formula is C17H35N3O. The molecule has 0 aromatic heterocycles. The van der Waals surface area contributed by atoms with Crippen molar-refractivity contribution in [2.75, 3.05) is 59.5 Å². The van der Waals surface area contributed by atoms with Gasteiger partial charge < -0.3 is 14.5 Å². The van der Waals surface area contributed by atoms with Crippen molar-refractivity contribution in [1.29, 1.82) is 0 Å². The first-order chi connectivity index (χ1) is 10.1. The summed E-state index contributed by atoms with van der Waals surface area (Å²) in [5, 5.41) is 0. The van der Waals surface area contributed by atoms with Crippen molar-refractivity contribution in [3.63, 3.8) is 0 Å². The lowest BCUT2D eigenvalue weighted by molar-refractivity contribution is -0.0517. The van der Waals surface area contributed by atoms with Crippen molar-refractivity contribution in [1.82, 2.24) is 14.7 Å². The maximum atomic E-state index is 6.02. The van der Waals surface area contributed by atoms with Gasteiger partial charge in [0.15, 0.2) is 0 Å². The summed E-state index contributed by atoms with van der Waals surface area (Å²) in [6, 6.07) is 0.763. The van der Waals surface area contributed by atoms with Gasteiger partial charge in [-0.15, -0.1) is 0 Å². The number of hydrogen-bond donors (Lipinski definition) is 0. The van der Waals surface area contributed by atoms with Crippen LogP contribution in [0, 0.1) is 5.92 Å². The summed E-state index contributed by atoms with van der Waals surface area (Å²) >= 11 is 0. The van der Waals surface area contributed by atoms with Crippen LogP contribution in [-0.2, 0) is 4.74 Å². The van der Waals surface area contributed by atoms with Crippen molar-refractivity contribution < 1.29 is 4.74 Å². The Morgan fingerprint density at radius 1 is 1.10 bits per heavy atom. The second kappa shape index (κ2) is 8.47. The zero-order chi connectivity index (χ0) is 15.2. The highest BCUT2D eigenvalue weighted by molar-refractivity contribution is 4.86. The Labute approximate surface area is 131 Å². The molecule has 1 aliphatic heterocycles. The molecule has 0 bridgehead atoms. The Balaban J connectivity index is 1.49. The van der Waals surface area contributed by atoms with E-state index in [0.717, 1.165) is 31.7 Å². The summed E-state index contributed by atoms with van der Waals surface area (Å²) in [6.07, 6.45) is 2.98. The Kier molecular flexibility index (Phi) is 6.93. The van der Waals surface area contributed by atoms with Gasteiger partial charge in [0.1, 0.15) is 0 Å². The molecule has 0 spiro atoms. The van der Waals surface area contributed by atoms with E-state index in [9.17, 15) is 0 Å². The molecule has 0 radical (unpaired) electrons. The van der Waals surface area contributed by atoms with Crippen molar-refractivity contribution >= 4 is 0 Å². The molecule has 2 aliphatic rings. The van der Waals surface area contributed by atoms with Crippen molar-refractivity contribution in [3.05, 3.63) is 0 Å². The maximum absolute atomic E-state index is 6.02. The van der Waals surface area contributed by atoms with Gasteiger partial charge in [-0.05, 0) is 32.4 Å². The van der Waals surface area contributed by atoms with Gasteiger partial charge in [0, 0.05) is 45.3 Å². The van der Waals surface area contributed by atoms with E-state index in [1.54, 1.807) is 0 Å². The van der Waals surface area contributed by atoms with Crippen LogP contribution in [0.2, 0.25) is 0 Å².